The van der Waals surface area contributed by atoms with E-state index in [0.29, 0.717) is 0 Å². The van der Waals surface area contributed by atoms with Crippen LogP contribution in [0, 0.1) is 11.3 Å². The number of carboxylic acid groups (broad SMARTS) is 1. The van der Waals surface area contributed by atoms with E-state index in [1.807, 2.05) is 0 Å². The lowest BCUT2D eigenvalue weighted by molar-refractivity contribution is -0.140. The van der Waals surface area contributed by atoms with Gasteiger partial charge < -0.3 is 15.7 Å². The van der Waals surface area contributed by atoms with Gasteiger partial charge in [-0.2, -0.15) is 5.26 Å². The van der Waals surface area contributed by atoms with Gasteiger partial charge in [0.1, 0.15) is 12.6 Å². The molecule has 0 aliphatic carbocycles. The molecule has 1 unspecified atom stereocenters. The van der Waals surface area contributed by atoms with Crippen LogP contribution in [0.4, 0.5) is 0 Å². The fourth-order valence-corrected chi connectivity index (χ4v) is 1.75. The first-order valence-corrected chi connectivity index (χ1v) is 5.84. The third kappa shape index (κ3) is 8.10. The Labute approximate surface area is 103 Å². The summed E-state index contributed by atoms with van der Waals surface area (Å²) in [5, 5.41) is 21.5. The van der Waals surface area contributed by atoms with Gasteiger partial charge in [0.15, 0.2) is 0 Å². The van der Waals surface area contributed by atoms with Crippen LogP contribution in [0.25, 0.3) is 0 Å². The maximum atomic E-state index is 11.1. The van der Waals surface area contributed by atoms with Gasteiger partial charge in [-0.25, -0.2) is 4.79 Å². The summed E-state index contributed by atoms with van der Waals surface area (Å²) in [6.45, 7) is 1.15. The molecule has 0 aromatic heterocycles. The SMILES string of the molecule is CC(=O)NC(CSCC(=O)NCC#N)C(=O)O. The van der Waals surface area contributed by atoms with Crippen LogP contribution in [-0.4, -0.2) is 47.0 Å². The Balaban J connectivity index is 3.90. The molecule has 0 saturated carbocycles. The van der Waals surface area contributed by atoms with Gasteiger partial charge in [-0.05, 0) is 0 Å². The molecular formula is C9H13N3O4S. The topological polar surface area (TPSA) is 119 Å². The largest absolute Gasteiger partial charge is 0.480 e. The van der Waals surface area contributed by atoms with Gasteiger partial charge in [-0.3, -0.25) is 9.59 Å². The van der Waals surface area contributed by atoms with E-state index in [1.54, 1.807) is 6.07 Å². The van der Waals surface area contributed by atoms with Crippen LogP contribution in [0.2, 0.25) is 0 Å². The minimum absolute atomic E-state index is 0.0467. The molecule has 0 radical (unpaired) electrons. The highest BCUT2D eigenvalue weighted by Crippen LogP contribution is 2.03. The zero-order chi connectivity index (χ0) is 13.3. The number of hydrogen-bond acceptors (Lipinski definition) is 5. The van der Waals surface area contributed by atoms with Crippen LogP contribution in [0.3, 0.4) is 0 Å². The number of carbonyl (C=O) groups is 3. The molecule has 0 heterocycles. The second kappa shape index (κ2) is 8.41. The number of aliphatic carboxylic acids is 1. The molecule has 3 N–H and O–H groups in total. The quantitative estimate of drug-likeness (QED) is 0.502. The summed E-state index contributed by atoms with van der Waals surface area (Å²) in [5.41, 5.74) is 0. The summed E-state index contributed by atoms with van der Waals surface area (Å²) < 4.78 is 0. The lowest BCUT2D eigenvalue weighted by Gasteiger charge is -2.12. The fourth-order valence-electron chi connectivity index (χ4n) is 0.879. The van der Waals surface area contributed by atoms with E-state index in [2.05, 4.69) is 10.6 Å². The van der Waals surface area contributed by atoms with E-state index in [9.17, 15) is 14.4 Å². The molecule has 0 aliphatic heterocycles. The van der Waals surface area contributed by atoms with Crippen LogP contribution in [0.15, 0.2) is 0 Å². The molecule has 0 aliphatic rings. The number of carbonyl (C=O) groups excluding carboxylic acids is 2. The average Bonchev–Trinajstić information content (AvgIpc) is 2.24. The van der Waals surface area contributed by atoms with Crippen molar-refractivity contribution in [3.63, 3.8) is 0 Å². The molecule has 0 rings (SSSR count). The molecule has 17 heavy (non-hydrogen) atoms. The number of carboxylic acids is 1. The fraction of sp³-hybridized carbons (Fsp3) is 0.556. The summed E-state index contributed by atoms with van der Waals surface area (Å²) in [7, 11) is 0. The predicted octanol–water partition coefficient (Wildman–Crippen LogP) is -1.05. The van der Waals surface area contributed by atoms with Crippen LogP contribution < -0.4 is 10.6 Å². The Morgan fingerprint density at radius 1 is 1.47 bits per heavy atom. The van der Waals surface area contributed by atoms with Gasteiger partial charge in [0.2, 0.25) is 11.8 Å². The van der Waals surface area contributed by atoms with Crippen molar-refractivity contribution in [2.75, 3.05) is 18.1 Å². The van der Waals surface area contributed by atoms with E-state index < -0.39 is 17.9 Å². The standard InChI is InChI=1S/C9H13N3O4S/c1-6(13)12-7(9(15)16)4-17-5-8(14)11-3-2-10/h7H,3-5H2,1H3,(H,11,14)(H,12,13)(H,15,16). The smallest absolute Gasteiger partial charge is 0.327 e. The van der Waals surface area contributed by atoms with E-state index in [4.69, 9.17) is 10.4 Å². The molecule has 0 aromatic rings. The maximum absolute atomic E-state index is 11.1. The zero-order valence-corrected chi connectivity index (χ0v) is 10.0. The minimum atomic E-state index is -1.15. The number of nitriles is 1. The van der Waals surface area contributed by atoms with Gasteiger partial charge in [-0.1, -0.05) is 0 Å². The number of rotatable bonds is 7. The second-order valence-corrected chi connectivity index (χ2v) is 4.07. The summed E-state index contributed by atoms with van der Waals surface area (Å²) in [4.78, 5) is 32.5. The molecule has 0 fully saturated rings. The van der Waals surface area contributed by atoms with Crippen molar-refractivity contribution in [2.24, 2.45) is 0 Å². The monoisotopic (exact) mass is 259 g/mol. The van der Waals surface area contributed by atoms with Gasteiger partial charge in [0.25, 0.3) is 0 Å². The van der Waals surface area contributed by atoms with E-state index >= 15 is 0 Å². The molecule has 0 aromatic carbocycles. The van der Waals surface area contributed by atoms with Crippen molar-refractivity contribution >= 4 is 29.5 Å². The highest BCUT2D eigenvalue weighted by molar-refractivity contribution is 8.00. The van der Waals surface area contributed by atoms with Crippen molar-refractivity contribution in [3.05, 3.63) is 0 Å². The van der Waals surface area contributed by atoms with Gasteiger partial charge in [-0.15, -0.1) is 11.8 Å². The minimum Gasteiger partial charge on any atom is -0.480 e. The first-order valence-electron chi connectivity index (χ1n) is 4.68. The average molecular weight is 259 g/mol. The molecule has 94 valence electrons. The Kier molecular flexibility index (Phi) is 7.54. The third-order valence-corrected chi connectivity index (χ3v) is 2.59. The van der Waals surface area contributed by atoms with E-state index in [-0.39, 0.29) is 24.0 Å². The number of amides is 2. The Bertz CT molecular complexity index is 340. The number of nitrogens with one attached hydrogen (secondary N) is 2. The van der Waals surface area contributed by atoms with Crippen LogP contribution in [0.1, 0.15) is 6.92 Å². The van der Waals surface area contributed by atoms with Crippen molar-refractivity contribution < 1.29 is 19.5 Å². The molecular weight excluding hydrogens is 246 g/mol. The summed E-state index contributed by atoms with van der Waals surface area (Å²) in [6.07, 6.45) is 0. The highest BCUT2D eigenvalue weighted by Gasteiger charge is 2.18. The molecule has 7 nitrogen and oxygen atoms in total. The lowest BCUT2D eigenvalue weighted by atomic mass is 10.3. The predicted molar refractivity (Wildman–Crippen MR) is 61.2 cm³/mol. The number of nitrogens with zero attached hydrogens (tertiary/aromatic N) is 1. The Morgan fingerprint density at radius 3 is 2.59 bits per heavy atom. The number of thioether (sulfide) groups is 1. The van der Waals surface area contributed by atoms with Gasteiger partial charge in [0, 0.05) is 12.7 Å². The lowest BCUT2D eigenvalue weighted by Crippen LogP contribution is -2.41. The van der Waals surface area contributed by atoms with Crippen LogP contribution >= 0.6 is 11.8 Å². The molecule has 0 saturated heterocycles. The molecule has 1 atom stereocenters. The Hall–Kier alpha value is -1.75. The van der Waals surface area contributed by atoms with Crippen LogP contribution in [0.5, 0.6) is 0 Å². The molecule has 2 amide bonds. The van der Waals surface area contributed by atoms with Crippen LogP contribution in [-0.2, 0) is 14.4 Å². The maximum Gasteiger partial charge on any atom is 0.327 e. The normalized spacial score (nSPS) is 11.1. The van der Waals surface area contributed by atoms with Crippen molar-refractivity contribution in [1.29, 1.82) is 5.26 Å². The van der Waals surface area contributed by atoms with Crippen molar-refractivity contribution in [1.82, 2.24) is 10.6 Å². The van der Waals surface area contributed by atoms with E-state index in [1.165, 1.54) is 6.92 Å². The third-order valence-electron chi connectivity index (χ3n) is 1.56. The summed E-state index contributed by atoms with van der Waals surface area (Å²) in [6, 6.07) is 0.737. The molecule has 0 spiro atoms. The van der Waals surface area contributed by atoms with Crippen molar-refractivity contribution in [3.8, 4) is 6.07 Å². The first-order chi connectivity index (χ1) is 7.97. The summed E-state index contributed by atoms with van der Waals surface area (Å²) in [5.74, 6) is -1.79. The summed E-state index contributed by atoms with van der Waals surface area (Å²) >= 11 is 1.07. The highest BCUT2D eigenvalue weighted by atomic mass is 32.2. The zero-order valence-electron chi connectivity index (χ0n) is 9.23. The van der Waals surface area contributed by atoms with Gasteiger partial charge >= 0.3 is 5.97 Å². The molecule has 8 heteroatoms. The van der Waals surface area contributed by atoms with Gasteiger partial charge in [0.05, 0.1) is 11.8 Å². The Morgan fingerprint density at radius 2 is 2.12 bits per heavy atom. The number of hydrogen-bond donors (Lipinski definition) is 3. The molecule has 0 bridgehead atoms. The first kappa shape index (κ1) is 15.2. The van der Waals surface area contributed by atoms with Crippen molar-refractivity contribution in [2.45, 2.75) is 13.0 Å². The second-order valence-electron chi connectivity index (χ2n) is 3.04. The van der Waals surface area contributed by atoms with E-state index in [0.717, 1.165) is 11.8 Å².